The Hall–Kier alpha value is -4.03. The lowest BCUT2D eigenvalue weighted by Crippen LogP contribution is -2.06. The topological polar surface area (TPSA) is 147 Å². The second kappa shape index (κ2) is 11.7. The number of rotatable bonds is 8. The number of pyridine rings is 1. The van der Waals surface area contributed by atoms with Crippen LogP contribution in [0.5, 0.6) is 5.75 Å². The van der Waals surface area contributed by atoms with Crippen LogP contribution in [-0.2, 0) is 0 Å². The van der Waals surface area contributed by atoms with E-state index in [1.54, 1.807) is 24.4 Å². The van der Waals surface area contributed by atoms with Crippen LogP contribution in [0.15, 0.2) is 61.2 Å². The number of aldehydes is 1. The van der Waals surface area contributed by atoms with E-state index in [0.717, 1.165) is 9.78 Å². The largest absolute Gasteiger partial charge is 0.482 e. The predicted octanol–water partition coefficient (Wildman–Crippen LogP) is 3.97. The quantitative estimate of drug-likeness (QED) is 0.249. The highest BCUT2D eigenvalue weighted by Crippen LogP contribution is 2.36. The summed E-state index contributed by atoms with van der Waals surface area (Å²) in [6.07, 6.45) is 6.33. The highest BCUT2D eigenvalue weighted by molar-refractivity contribution is 7.92. The van der Waals surface area contributed by atoms with Gasteiger partial charge in [-0.1, -0.05) is 12.1 Å². The standard InChI is InChI=1S/C21H18FN7O2S.CH5N/c1-13(17-4-2-3-7-25-17)31-18-10-14(5-6-16(18)23)20-15(12-30)21(29(28-20)32-22)27-19-11-24-8-9-26-19;1-2/h2-13H,23H2,1H3,(H,26,27);2H2,1H3. The maximum absolute atomic E-state index is 13.6. The van der Waals surface area contributed by atoms with Crippen molar-refractivity contribution >= 4 is 35.9 Å². The number of nitrogens with one attached hydrogen (secondary N) is 1. The van der Waals surface area contributed by atoms with Crippen LogP contribution in [0.4, 0.5) is 21.2 Å². The van der Waals surface area contributed by atoms with Gasteiger partial charge in [-0.25, -0.2) is 4.98 Å². The molecule has 1 atom stereocenters. The number of ether oxygens (including phenoxy) is 1. The van der Waals surface area contributed by atoms with Crippen LogP contribution in [0.1, 0.15) is 29.1 Å². The molecule has 1 unspecified atom stereocenters. The molecule has 1 aromatic carbocycles. The molecule has 4 aromatic rings. The Morgan fingerprint density at radius 1 is 1.18 bits per heavy atom. The monoisotopic (exact) mass is 482 g/mol. The van der Waals surface area contributed by atoms with Crippen LogP contribution in [0.3, 0.4) is 0 Å². The zero-order chi connectivity index (χ0) is 24.5. The Bertz CT molecular complexity index is 1220. The molecule has 0 aliphatic carbocycles. The first-order valence-electron chi connectivity index (χ1n) is 10.1. The molecule has 176 valence electrons. The van der Waals surface area contributed by atoms with E-state index in [-0.39, 0.29) is 35.5 Å². The van der Waals surface area contributed by atoms with Gasteiger partial charge in [0.05, 0.1) is 23.1 Å². The average molecular weight is 483 g/mol. The molecule has 3 heterocycles. The molecule has 12 heteroatoms. The van der Waals surface area contributed by atoms with Gasteiger partial charge in [0.1, 0.15) is 23.4 Å². The lowest BCUT2D eigenvalue weighted by Gasteiger charge is -2.16. The summed E-state index contributed by atoms with van der Waals surface area (Å²) in [4.78, 5) is 24.3. The van der Waals surface area contributed by atoms with Crippen LogP contribution in [0, 0.1) is 0 Å². The lowest BCUT2D eigenvalue weighted by atomic mass is 10.1. The number of aromatic nitrogens is 5. The van der Waals surface area contributed by atoms with Crippen LogP contribution < -0.4 is 21.5 Å². The van der Waals surface area contributed by atoms with E-state index < -0.39 is 0 Å². The second-order valence-electron chi connectivity index (χ2n) is 6.65. The summed E-state index contributed by atoms with van der Waals surface area (Å²) in [5.41, 5.74) is 12.7. The fourth-order valence-corrected chi connectivity index (χ4v) is 3.36. The molecular weight excluding hydrogens is 459 g/mol. The van der Waals surface area contributed by atoms with Gasteiger partial charge in [0.25, 0.3) is 0 Å². The summed E-state index contributed by atoms with van der Waals surface area (Å²) in [6.45, 7) is 1.85. The van der Waals surface area contributed by atoms with Gasteiger partial charge in [-0.05, 0) is 38.2 Å². The smallest absolute Gasteiger partial charge is 0.189 e. The van der Waals surface area contributed by atoms with Gasteiger partial charge in [0.2, 0.25) is 0 Å². The number of hydrogen-bond acceptors (Lipinski definition) is 10. The summed E-state index contributed by atoms with van der Waals surface area (Å²) in [7, 11) is 1.50. The van der Waals surface area contributed by atoms with E-state index in [2.05, 4.69) is 31.1 Å². The van der Waals surface area contributed by atoms with E-state index in [0.29, 0.717) is 29.1 Å². The Kier molecular flexibility index (Phi) is 8.48. The van der Waals surface area contributed by atoms with Crippen molar-refractivity contribution in [1.82, 2.24) is 24.1 Å². The number of carbonyl (C=O) groups is 1. The summed E-state index contributed by atoms with van der Waals surface area (Å²) in [5, 5.41) is 7.11. The summed E-state index contributed by atoms with van der Waals surface area (Å²) in [6, 6.07) is 10.5. The molecule has 0 amide bonds. The number of nitrogen functional groups attached to an aromatic ring is 1. The van der Waals surface area contributed by atoms with Gasteiger partial charge in [0.15, 0.2) is 24.4 Å². The van der Waals surface area contributed by atoms with E-state index in [1.165, 1.54) is 25.6 Å². The van der Waals surface area contributed by atoms with Crippen molar-refractivity contribution in [2.75, 3.05) is 18.1 Å². The minimum absolute atomic E-state index is 0.129. The Morgan fingerprint density at radius 2 is 2.00 bits per heavy atom. The van der Waals surface area contributed by atoms with Crippen molar-refractivity contribution in [3.05, 3.63) is 72.4 Å². The van der Waals surface area contributed by atoms with Gasteiger partial charge in [0, 0.05) is 24.2 Å². The number of carbonyl (C=O) groups excluding carboxylic acids is 1. The molecule has 0 aliphatic heterocycles. The van der Waals surface area contributed by atoms with Crippen molar-refractivity contribution in [3.63, 3.8) is 0 Å². The number of benzene rings is 1. The Labute approximate surface area is 200 Å². The van der Waals surface area contributed by atoms with E-state index in [4.69, 9.17) is 10.5 Å². The van der Waals surface area contributed by atoms with E-state index in [9.17, 15) is 8.68 Å². The maximum Gasteiger partial charge on any atom is 0.189 e. The fraction of sp³-hybridized carbons (Fsp3) is 0.136. The molecule has 0 saturated carbocycles. The maximum atomic E-state index is 13.6. The van der Waals surface area contributed by atoms with Crippen LogP contribution in [0.25, 0.3) is 11.3 Å². The Balaban J connectivity index is 0.00000158. The van der Waals surface area contributed by atoms with Gasteiger partial charge in [-0.2, -0.15) is 9.19 Å². The van der Waals surface area contributed by atoms with Gasteiger partial charge < -0.3 is 21.5 Å². The predicted molar refractivity (Wildman–Crippen MR) is 130 cm³/mol. The third kappa shape index (κ3) is 5.47. The van der Waals surface area contributed by atoms with E-state index >= 15 is 0 Å². The first-order valence-corrected chi connectivity index (χ1v) is 10.7. The molecule has 4 rings (SSSR count). The molecular formula is C22H23FN8O2S. The molecule has 0 fully saturated rings. The van der Waals surface area contributed by atoms with Crippen LogP contribution >= 0.6 is 12.3 Å². The van der Waals surface area contributed by atoms with Gasteiger partial charge in [-0.3, -0.25) is 14.8 Å². The SMILES string of the molecule is CC(Oc1cc(-c2nn(SF)c(Nc3cnccn3)c2C=O)ccc1N)c1ccccn1.CN. The third-order valence-electron chi connectivity index (χ3n) is 4.58. The summed E-state index contributed by atoms with van der Waals surface area (Å²) < 4.78 is 20.6. The molecule has 0 spiro atoms. The summed E-state index contributed by atoms with van der Waals surface area (Å²) >= 11 is -0.153. The first-order chi connectivity index (χ1) is 16.6. The van der Waals surface area contributed by atoms with Gasteiger partial charge >= 0.3 is 0 Å². The minimum atomic E-state index is -0.368. The first kappa shape index (κ1) is 24.6. The third-order valence-corrected chi connectivity index (χ3v) is 4.98. The van der Waals surface area contributed by atoms with Crippen molar-refractivity contribution in [2.24, 2.45) is 5.73 Å². The number of nitrogens with two attached hydrogens (primary N) is 2. The zero-order valence-corrected chi connectivity index (χ0v) is 19.2. The molecule has 0 radical (unpaired) electrons. The summed E-state index contributed by atoms with van der Waals surface area (Å²) in [5.74, 6) is 0.857. The normalized spacial score (nSPS) is 11.2. The highest BCUT2D eigenvalue weighted by atomic mass is 32.2. The molecule has 0 aliphatic rings. The van der Waals surface area contributed by atoms with Crippen molar-refractivity contribution < 1.29 is 13.4 Å². The van der Waals surface area contributed by atoms with E-state index in [1.807, 2.05) is 25.1 Å². The fourth-order valence-electron chi connectivity index (χ4n) is 3.04. The van der Waals surface area contributed by atoms with Crippen LogP contribution in [0.2, 0.25) is 0 Å². The number of halogens is 1. The van der Waals surface area contributed by atoms with Crippen molar-refractivity contribution in [3.8, 4) is 17.0 Å². The molecule has 34 heavy (non-hydrogen) atoms. The molecule has 3 aromatic heterocycles. The van der Waals surface area contributed by atoms with Crippen molar-refractivity contribution in [2.45, 2.75) is 13.0 Å². The zero-order valence-electron chi connectivity index (χ0n) is 18.4. The number of anilines is 3. The molecule has 5 N–H and O–H groups in total. The average Bonchev–Trinajstić information content (AvgIpc) is 3.24. The van der Waals surface area contributed by atoms with Gasteiger partial charge in [-0.15, -0.1) is 3.89 Å². The van der Waals surface area contributed by atoms with Crippen LogP contribution in [-0.4, -0.2) is 37.5 Å². The highest BCUT2D eigenvalue weighted by Gasteiger charge is 2.22. The molecule has 10 nitrogen and oxygen atoms in total. The lowest BCUT2D eigenvalue weighted by molar-refractivity contribution is 0.112. The number of hydrogen-bond donors (Lipinski definition) is 3. The Morgan fingerprint density at radius 3 is 2.65 bits per heavy atom. The minimum Gasteiger partial charge on any atom is -0.482 e. The molecule has 0 bridgehead atoms. The second-order valence-corrected chi connectivity index (χ2v) is 7.14. The number of nitrogens with zero attached hydrogens (tertiary/aromatic N) is 5. The van der Waals surface area contributed by atoms with Crippen molar-refractivity contribution in [1.29, 1.82) is 0 Å². The molecule has 0 saturated heterocycles.